The lowest BCUT2D eigenvalue weighted by Gasteiger charge is -2.33. The highest BCUT2D eigenvalue weighted by molar-refractivity contribution is 5.76. The van der Waals surface area contributed by atoms with Crippen molar-refractivity contribution in [2.24, 2.45) is 0 Å². The molecule has 1 saturated heterocycles. The van der Waals surface area contributed by atoms with Crippen molar-refractivity contribution in [1.82, 2.24) is 4.90 Å². The Kier molecular flexibility index (Phi) is 6.65. The standard InChI is InChI=1S/C17H25FN2O2/c1-2-22-13-5-8-17(21)20-11-9-14(10-12-20)19-16-7-4-3-6-15(16)18/h3-4,6-7,14,19H,2,5,8-13H2,1H3. The summed E-state index contributed by atoms with van der Waals surface area (Å²) in [5, 5.41) is 3.24. The summed E-state index contributed by atoms with van der Waals surface area (Å²) in [6.45, 7) is 4.77. The number of ether oxygens (including phenoxy) is 1. The number of halogens is 1. The van der Waals surface area contributed by atoms with E-state index in [0.717, 1.165) is 32.4 Å². The van der Waals surface area contributed by atoms with Gasteiger partial charge < -0.3 is 15.0 Å². The first-order valence-electron chi connectivity index (χ1n) is 8.07. The van der Waals surface area contributed by atoms with Crippen molar-refractivity contribution in [3.63, 3.8) is 0 Å². The average molecular weight is 308 g/mol. The highest BCUT2D eigenvalue weighted by Gasteiger charge is 2.22. The fraction of sp³-hybridized carbons (Fsp3) is 0.588. The highest BCUT2D eigenvalue weighted by Crippen LogP contribution is 2.19. The van der Waals surface area contributed by atoms with Crippen LogP contribution in [0.3, 0.4) is 0 Å². The molecule has 1 heterocycles. The molecule has 0 unspecified atom stereocenters. The van der Waals surface area contributed by atoms with Crippen molar-refractivity contribution in [3.8, 4) is 0 Å². The molecule has 5 heteroatoms. The summed E-state index contributed by atoms with van der Waals surface area (Å²) in [5.74, 6) is -0.0269. The van der Waals surface area contributed by atoms with Crippen molar-refractivity contribution >= 4 is 11.6 Å². The Bertz CT molecular complexity index is 473. The highest BCUT2D eigenvalue weighted by atomic mass is 19.1. The number of carbonyl (C=O) groups is 1. The van der Waals surface area contributed by atoms with Crippen LogP contribution >= 0.6 is 0 Å². The number of para-hydroxylation sites is 1. The second-order valence-corrected chi connectivity index (χ2v) is 5.58. The fourth-order valence-electron chi connectivity index (χ4n) is 2.70. The maximum atomic E-state index is 13.6. The number of nitrogens with one attached hydrogen (secondary N) is 1. The zero-order valence-electron chi connectivity index (χ0n) is 13.2. The van der Waals surface area contributed by atoms with Crippen LogP contribution in [0.2, 0.25) is 0 Å². The number of likely N-dealkylation sites (tertiary alicyclic amines) is 1. The number of hydrogen-bond donors (Lipinski definition) is 1. The molecular formula is C17H25FN2O2. The van der Waals surface area contributed by atoms with Gasteiger partial charge in [-0.2, -0.15) is 0 Å². The van der Waals surface area contributed by atoms with E-state index in [1.54, 1.807) is 12.1 Å². The lowest BCUT2D eigenvalue weighted by atomic mass is 10.0. The molecule has 0 saturated carbocycles. The number of amides is 1. The van der Waals surface area contributed by atoms with Crippen LogP contribution in [0.1, 0.15) is 32.6 Å². The molecule has 1 aliphatic heterocycles. The van der Waals surface area contributed by atoms with Crippen molar-refractivity contribution in [2.75, 3.05) is 31.6 Å². The van der Waals surface area contributed by atoms with Gasteiger partial charge in [0.25, 0.3) is 0 Å². The molecular weight excluding hydrogens is 283 g/mol. The topological polar surface area (TPSA) is 41.6 Å². The van der Waals surface area contributed by atoms with Gasteiger partial charge in [-0.15, -0.1) is 0 Å². The van der Waals surface area contributed by atoms with Crippen molar-refractivity contribution < 1.29 is 13.9 Å². The van der Waals surface area contributed by atoms with Gasteiger partial charge in [-0.25, -0.2) is 4.39 Å². The summed E-state index contributed by atoms with van der Waals surface area (Å²) < 4.78 is 18.9. The van der Waals surface area contributed by atoms with E-state index >= 15 is 0 Å². The summed E-state index contributed by atoms with van der Waals surface area (Å²) in [4.78, 5) is 14.0. The van der Waals surface area contributed by atoms with E-state index in [1.165, 1.54) is 6.07 Å². The van der Waals surface area contributed by atoms with Crippen LogP contribution in [0.5, 0.6) is 0 Å². The van der Waals surface area contributed by atoms with Gasteiger partial charge >= 0.3 is 0 Å². The van der Waals surface area contributed by atoms with Crippen LogP contribution in [0.15, 0.2) is 24.3 Å². The van der Waals surface area contributed by atoms with Gasteiger partial charge in [-0.05, 0) is 38.3 Å². The zero-order chi connectivity index (χ0) is 15.8. The van der Waals surface area contributed by atoms with Crippen molar-refractivity contribution in [3.05, 3.63) is 30.1 Å². The van der Waals surface area contributed by atoms with Crippen molar-refractivity contribution in [1.29, 1.82) is 0 Å². The Morgan fingerprint density at radius 1 is 1.36 bits per heavy atom. The smallest absolute Gasteiger partial charge is 0.222 e. The fourth-order valence-corrected chi connectivity index (χ4v) is 2.70. The van der Waals surface area contributed by atoms with Crippen LogP contribution < -0.4 is 5.32 Å². The number of carbonyl (C=O) groups excluding carboxylic acids is 1. The van der Waals surface area contributed by atoms with Crippen LogP contribution in [0.25, 0.3) is 0 Å². The van der Waals surface area contributed by atoms with E-state index in [1.807, 2.05) is 17.9 Å². The summed E-state index contributed by atoms with van der Waals surface area (Å²) >= 11 is 0. The number of anilines is 1. The van der Waals surface area contributed by atoms with Gasteiger partial charge in [0.05, 0.1) is 5.69 Å². The Morgan fingerprint density at radius 3 is 2.77 bits per heavy atom. The molecule has 1 aliphatic rings. The third kappa shape index (κ3) is 4.98. The minimum Gasteiger partial charge on any atom is -0.382 e. The molecule has 1 fully saturated rings. The van der Waals surface area contributed by atoms with Gasteiger partial charge in [0.1, 0.15) is 5.82 Å². The number of hydrogen-bond acceptors (Lipinski definition) is 3. The van der Waals surface area contributed by atoms with Crippen LogP contribution in [-0.2, 0) is 9.53 Å². The molecule has 2 rings (SSSR count). The normalized spacial score (nSPS) is 15.8. The van der Waals surface area contributed by atoms with E-state index in [2.05, 4.69) is 5.32 Å². The molecule has 1 amide bonds. The monoisotopic (exact) mass is 308 g/mol. The Hall–Kier alpha value is -1.62. The maximum absolute atomic E-state index is 13.6. The van der Waals surface area contributed by atoms with Crippen molar-refractivity contribution in [2.45, 2.75) is 38.6 Å². The second-order valence-electron chi connectivity index (χ2n) is 5.58. The van der Waals surface area contributed by atoms with E-state index in [-0.39, 0.29) is 17.8 Å². The number of rotatable bonds is 7. The summed E-state index contributed by atoms with van der Waals surface area (Å²) in [5.41, 5.74) is 0.545. The third-order valence-corrected chi connectivity index (χ3v) is 3.96. The van der Waals surface area contributed by atoms with E-state index in [9.17, 15) is 9.18 Å². The van der Waals surface area contributed by atoms with Gasteiger partial charge in [0.15, 0.2) is 0 Å². The number of piperidine rings is 1. The van der Waals surface area contributed by atoms with Crippen LogP contribution in [0.4, 0.5) is 10.1 Å². The lowest BCUT2D eigenvalue weighted by molar-refractivity contribution is -0.132. The van der Waals surface area contributed by atoms with Gasteiger partial charge in [-0.3, -0.25) is 4.79 Å². The lowest BCUT2D eigenvalue weighted by Crippen LogP contribution is -2.42. The predicted molar refractivity (Wildman–Crippen MR) is 85.4 cm³/mol. The Morgan fingerprint density at radius 2 is 2.09 bits per heavy atom. The van der Waals surface area contributed by atoms with E-state index < -0.39 is 0 Å². The van der Waals surface area contributed by atoms with Crippen LogP contribution in [0, 0.1) is 5.82 Å². The molecule has 0 spiro atoms. The molecule has 1 N–H and O–H groups in total. The second kappa shape index (κ2) is 8.73. The first-order valence-corrected chi connectivity index (χ1v) is 8.07. The largest absolute Gasteiger partial charge is 0.382 e. The molecule has 0 aromatic heterocycles. The number of nitrogens with zero attached hydrogens (tertiary/aromatic N) is 1. The zero-order valence-corrected chi connectivity index (χ0v) is 13.2. The molecule has 0 atom stereocenters. The molecule has 1 aromatic rings. The minimum atomic E-state index is -0.225. The molecule has 1 aromatic carbocycles. The molecule has 0 radical (unpaired) electrons. The third-order valence-electron chi connectivity index (χ3n) is 3.96. The summed E-state index contributed by atoms with van der Waals surface area (Å²) in [6.07, 6.45) is 3.03. The van der Waals surface area contributed by atoms with Gasteiger partial charge in [0.2, 0.25) is 5.91 Å². The molecule has 22 heavy (non-hydrogen) atoms. The maximum Gasteiger partial charge on any atom is 0.222 e. The summed E-state index contributed by atoms with van der Waals surface area (Å²) in [7, 11) is 0. The first-order chi connectivity index (χ1) is 10.7. The number of benzene rings is 1. The predicted octanol–water partition coefficient (Wildman–Crippen LogP) is 3.05. The van der Waals surface area contributed by atoms with Gasteiger partial charge in [0, 0.05) is 38.8 Å². The molecule has 0 bridgehead atoms. The summed E-state index contributed by atoms with van der Waals surface area (Å²) in [6, 6.07) is 6.94. The average Bonchev–Trinajstić information content (AvgIpc) is 2.54. The minimum absolute atomic E-state index is 0.198. The van der Waals surface area contributed by atoms with E-state index in [4.69, 9.17) is 4.74 Å². The Balaban J connectivity index is 1.71. The van der Waals surface area contributed by atoms with E-state index in [0.29, 0.717) is 25.3 Å². The SMILES string of the molecule is CCOCCCC(=O)N1CCC(Nc2ccccc2F)CC1. The van der Waals surface area contributed by atoms with Gasteiger partial charge in [-0.1, -0.05) is 12.1 Å². The molecule has 0 aliphatic carbocycles. The molecule has 4 nitrogen and oxygen atoms in total. The molecule has 122 valence electrons. The van der Waals surface area contributed by atoms with Crippen LogP contribution in [-0.4, -0.2) is 43.2 Å². The first kappa shape index (κ1) is 16.7. The quantitative estimate of drug-likeness (QED) is 0.787. The Labute approximate surface area is 131 Å².